The zero-order valence-electron chi connectivity index (χ0n) is 11.8. The van der Waals surface area contributed by atoms with Gasteiger partial charge in [0.05, 0.1) is 5.02 Å². The summed E-state index contributed by atoms with van der Waals surface area (Å²) >= 11 is 6.13. The van der Waals surface area contributed by atoms with Crippen molar-refractivity contribution in [1.29, 1.82) is 0 Å². The minimum Gasteiger partial charge on any atom is -0.454 e. The molecule has 0 spiro atoms. The average Bonchev–Trinajstić information content (AvgIpc) is 3.16. The molecule has 0 fully saturated rings. The molecule has 4 rings (SSSR count). The van der Waals surface area contributed by atoms with Crippen molar-refractivity contribution < 1.29 is 19.0 Å². The molecule has 114 valence electrons. The van der Waals surface area contributed by atoms with E-state index in [0.29, 0.717) is 22.1 Å². The normalized spacial score (nSPS) is 17.3. The van der Waals surface area contributed by atoms with Gasteiger partial charge in [0.15, 0.2) is 17.2 Å². The van der Waals surface area contributed by atoms with Crippen LogP contribution < -0.4 is 9.47 Å². The van der Waals surface area contributed by atoms with Crippen LogP contribution in [0.2, 0.25) is 5.02 Å². The first-order chi connectivity index (χ1) is 11.2. The lowest BCUT2D eigenvalue weighted by molar-refractivity contribution is -0.129. The highest BCUT2D eigenvalue weighted by Crippen LogP contribution is 2.40. The van der Waals surface area contributed by atoms with Crippen molar-refractivity contribution in [3.8, 4) is 11.5 Å². The van der Waals surface area contributed by atoms with Gasteiger partial charge in [-0.1, -0.05) is 29.8 Å². The summed E-state index contributed by atoms with van der Waals surface area (Å²) in [4.78, 5) is 16.2. The van der Waals surface area contributed by atoms with E-state index in [1.807, 2.05) is 30.3 Å². The summed E-state index contributed by atoms with van der Waals surface area (Å²) in [5, 5.41) is 0.422. The van der Waals surface area contributed by atoms with E-state index in [9.17, 15) is 4.79 Å². The first kappa shape index (κ1) is 13.8. The summed E-state index contributed by atoms with van der Waals surface area (Å²) in [7, 11) is 0. The fourth-order valence-corrected chi connectivity index (χ4v) is 2.62. The maximum absolute atomic E-state index is 12.0. The first-order valence-corrected chi connectivity index (χ1v) is 7.25. The quantitative estimate of drug-likeness (QED) is 0.626. The summed E-state index contributed by atoms with van der Waals surface area (Å²) in [6.45, 7) is 0.132. The second-order valence-corrected chi connectivity index (χ2v) is 5.35. The maximum Gasteiger partial charge on any atom is 0.363 e. The summed E-state index contributed by atoms with van der Waals surface area (Å²) in [6.07, 6.45) is 1.60. The number of carbonyl (C=O) groups excluding carboxylic acids is 1. The van der Waals surface area contributed by atoms with Gasteiger partial charge in [0, 0.05) is 5.56 Å². The molecule has 2 aromatic carbocycles. The lowest BCUT2D eigenvalue weighted by atomic mass is 10.1. The molecule has 0 radical (unpaired) electrons. The number of cyclic esters (lactones) is 1. The topological polar surface area (TPSA) is 57.1 Å². The van der Waals surface area contributed by atoms with Gasteiger partial charge in [-0.15, -0.1) is 0 Å². The minimum absolute atomic E-state index is 0.132. The van der Waals surface area contributed by atoms with Gasteiger partial charge in [0.2, 0.25) is 12.7 Å². The number of halogens is 1. The molecule has 0 saturated carbocycles. The minimum atomic E-state index is -0.502. The highest BCUT2D eigenvalue weighted by Gasteiger charge is 2.25. The Morgan fingerprint density at radius 1 is 1.13 bits per heavy atom. The zero-order valence-corrected chi connectivity index (χ0v) is 12.5. The van der Waals surface area contributed by atoms with Gasteiger partial charge >= 0.3 is 5.97 Å². The van der Waals surface area contributed by atoms with Crippen molar-refractivity contribution in [3.63, 3.8) is 0 Å². The third kappa shape index (κ3) is 2.55. The largest absolute Gasteiger partial charge is 0.454 e. The summed E-state index contributed by atoms with van der Waals surface area (Å²) in [5.74, 6) is 0.839. The van der Waals surface area contributed by atoms with Gasteiger partial charge in [-0.3, -0.25) is 0 Å². The van der Waals surface area contributed by atoms with E-state index in [-0.39, 0.29) is 18.4 Å². The number of aliphatic imine (C=N–C) groups is 1. The van der Waals surface area contributed by atoms with Crippen LogP contribution in [-0.2, 0) is 9.53 Å². The first-order valence-electron chi connectivity index (χ1n) is 6.88. The smallest absolute Gasteiger partial charge is 0.363 e. The standard InChI is InChI=1S/C17H10ClNO4/c18-12-6-10(8-14-15(12)22-9-21-14)7-13-17(20)23-16(19-13)11-4-2-1-3-5-11/h1-8H,9H2/b13-7-. The van der Waals surface area contributed by atoms with Crippen LogP contribution in [-0.4, -0.2) is 18.7 Å². The van der Waals surface area contributed by atoms with E-state index in [1.165, 1.54) is 0 Å². The molecule has 0 aromatic heterocycles. The summed E-state index contributed by atoms with van der Waals surface area (Å²) in [5.41, 5.74) is 1.64. The molecule has 0 N–H and O–H groups in total. The van der Waals surface area contributed by atoms with Crippen LogP contribution in [0.4, 0.5) is 0 Å². The highest BCUT2D eigenvalue weighted by atomic mass is 35.5. The van der Waals surface area contributed by atoms with Gasteiger partial charge in [0.25, 0.3) is 0 Å². The fourth-order valence-electron chi connectivity index (χ4n) is 2.34. The Morgan fingerprint density at radius 2 is 1.96 bits per heavy atom. The molecule has 2 heterocycles. The number of hydrogen-bond acceptors (Lipinski definition) is 5. The molecule has 0 bridgehead atoms. The number of esters is 1. The average molecular weight is 328 g/mol. The third-order valence-corrected chi connectivity index (χ3v) is 3.67. The van der Waals surface area contributed by atoms with Gasteiger partial charge in [-0.05, 0) is 35.9 Å². The van der Waals surface area contributed by atoms with Crippen LogP contribution in [0.25, 0.3) is 6.08 Å². The van der Waals surface area contributed by atoms with Crippen LogP contribution >= 0.6 is 11.6 Å². The lowest BCUT2D eigenvalue weighted by Gasteiger charge is -2.01. The van der Waals surface area contributed by atoms with E-state index in [1.54, 1.807) is 18.2 Å². The molecule has 0 saturated heterocycles. The Bertz CT molecular complexity index is 858. The molecule has 6 heteroatoms. The number of rotatable bonds is 2. The Morgan fingerprint density at radius 3 is 2.78 bits per heavy atom. The number of hydrogen-bond donors (Lipinski definition) is 0. The Balaban J connectivity index is 1.70. The molecule has 0 aliphatic carbocycles. The van der Waals surface area contributed by atoms with Crippen LogP contribution in [0.1, 0.15) is 11.1 Å². The molecule has 0 atom stereocenters. The van der Waals surface area contributed by atoms with Crippen molar-refractivity contribution in [3.05, 3.63) is 64.3 Å². The number of benzene rings is 2. The van der Waals surface area contributed by atoms with Crippen molar-refractivity contribution in [2.45, 2.75) is 0 Å². The number of nitrogens with zero attached hydrogens (tertiary/aromatic N) is 1. The predicted molar refractivity (Wildman–Crippen MR) is 84.6 cm³/mol. The fraction of sp³-hybridized carbons (Fsp3) is 0.0588. The molecule has 0 unspecified atom stereocenters. The van der Waals surface area contributed by atoms with Gasteiger partial charge in [-0.25, -0.2) is 9.79 Å². The van der Waals surface area contributed by atoms with Crippen molar-refractivity contribution >= 4 is 29.5 Å². The van der Waals surface area contributed by atoms with Gasteiger partial charge in [0.1, 0.15) is 0 Å². The molecule has 23 heavy (non-hydrogen) atoms. The number of fused-ring (bicyclic) bond motifs is 1. The molecular formula is C17H10ClNO4. The molecule has 0 amide bonds. The van der Waals surface area contributed by atoms with Crippen molar-refractivity contribution in [2.24, 2.45) is 4.99 Å². The van der Waals surface area contributed by atoms with E-state index in [0.717, 1.165) is 5.56 Å². The number of carbonyl (C=O) groups is 1. The second-order valence-electron chi connectivity index (χ2n) is 4.94. The van der Waals surface area contributed by atoms with Crippen LogP contribution in [0.3, 0.4) is 0 Å². The molecule has 2 aliphatic rings. The van der Waals surface area contributed by atoms with Crippen molar-refractivity contribution in [1.82, 2.24) is 0 Å². The third-order valence-electron chi connectivity index (χ3n) is 3.39. The SMILES string of the molecule is O=C1OC(c2ccccc2)=N/C1=C\c1cc(Cl)c2c(c1)OCO2. The monoisotopic (exact) mass is 327 g/mol. The van der Waals surface area contributed by atoms with Gasteiger partial charge < -0.3 is 14.2 Å². The van der Waals surface area contributed by atoms with E-state index < -0.39 is 5.97 Å². The lowest BCUT2D eigenvalue weighted by Crippen LogP contribution is -2.04. The molecular weight excluding hydrogens is 318 g/mol. The highest BCUT2D eigenvalue weighted by molar-refractivity contribution is 6.32. The maximum atomic E-state index is 12.0. The summed E-state index contributed by atoms with van der Waals surface area (Å²) in [6, 6.07) is 12.7. The second kappa shape index (κ2) is 5.44. The summed E-state index contributed by atoms with van der Waals surface area (Å²) < 4.78 is 15.8. The Labute approximate surface area is 136 Å². The van der Waals surface area contributed by atoms with Gasteiger partial charge in [-0.2, -0.15) is 0 Å². The van der Waals surface area contributed by atoms with E-state index in [4.69, 9.17) is 25.8 Å². The Kier molecular flexibility index (Phi) is 3.28. The molecule has 5 nitrogen and oxygen atoms in total. The van der Waals surface area contributed by atoms with Crippen LogP contribution in [0, 0.1) is 0 Å². The van der Waals surface area contributed by atoms with Crippen LogP contribution in [0.15, 0.2) is 53.2 Å². The van der Waals surface area contributed by atoms with E-state index in [2.05, 4.69) is 4.99 Å². The molecule has 2 aliphatic heterocycles. The Hall–Kier alpha value is -2.79. The van der Waals surface area contributed by atoms with Crippen LogP contribution in [0.5, 0.6) is 11.5 Å². The molecule has 2 aromatic rings. The number of ether oxygens (including phenoxy) is 3. The zero-order chi connectivity index (χ0) is 15.8. The van der Waals surface area contributed by atoms with Crippen molar-refractivity contribution in [2.75, 3.05) is 6.79 Å². The predicted octanol–water partition coefficient (Wildman–Crippen LogP) is 3.41. The van der Waals surface area contributed by atoms with E-state index >= 15 is 0 Å².